The Morgan fingerprint density at radius 3 is 2.90 bits per heavy atom. The highest BCUT2D eigenvalue weighted by molar-refractivity contribution is 6.07. The van der Waals surface area contributed by atoms with Crippen molar-refractivity contribution < 1.29 is 14.7 Å². The summed E-state index contributed by atoms with van der Waals surface area (Å²) in [5.74, 6) is -1.40. The molecule has 0 saturated heterocycles. The van der Waals surface area contributed by atoms with E-state index in [0.29, 0.717) is 5.56 Å². The summed E-state index contributed by atoms with van der Waals surface area (Å²) >= 11 is 0. The lowest BCUT2D eigenvalue weighted by Gasteiger charge is -2.10. The van der Waals surface area contributed by atoms with Gasteiger partial charge in [0.15, 0.2) is 0 Å². The van der Waals surface area contributed by atoms with Crippen LogP contribution in [0.1, 0.15) is 35.0 Å². The summed E-state index contributed by atoms with van der Waals surface area (Å²) in [5, 5.41) is 12.4. The SMILES string of the molecule is C[C@@H](NC(=O)c1cccc2c3c([nH]c12)CCC3)C(=O)O. The minimum atomic E-state index is -1.04. The number of H-pyrrole nitrogens is 1. The lowest BCUT2D eigenvalue weighted by Crippen LogP contribution is -2.38. The molecule has 1 atom stereocenters. The molecule has 0 fully saturated rings. The Morgan fingerprint density at radius 2 is 2.15 bits per heavy atom. The highest BCUT2D eigenvalue weighted by Crippen LogP contribution is 2.31. The van der Waals surface area contributed by atoms with Crippen LogP contribution >= 0.6 is 0 Å². The highest BCUT2D eigenvalue weighted by Gasteiger charge is 2.22. The second kappa shape index (κ2) is 4.67. The van der Waals surface area contributed by atoms with Crippen molar-refractivity contribution in [2.45, 2.75) is 32.2 Å². The zero-order valence-corrected chi connectivity index (χ0v) is 11.2. The Kier molecular flexibility index (Phi) is 2.97. The molecular formula is C15H16N2O3. The van der Waals surface area contributed by atoms with Gasteiger partial charge in [0, 0.05) is 11.1 Å². The topological polar surface area (TPSA) is 82.2 Å². The van der Waals surface area contributed by atoms with E-state index in [1.807, 2.05) is 12.1 Å². The number of hydrogen-bond acceptors (Lipinski definition) is 2. The summed E-state index contributed by atoms with van der Waals surface area (Å²) < 4.78 is 0. The van der Waals surface area contributed by atoms with E-state index in [2.05, 4.69) is 10.3 Å². The summed E-state index contributed by atoms with van der Waals surface area (Å²) in [4.78, 5) is 26.3. The summed E-state index contributed by atoms with van der Waals surface area (Å²) in [6, 6.07) is 4.67. The largest absolute Gasteiger partial charge is 0.480 e. The zero-order valence-electron chi connectivity index (χ0n) is 11.2. The van der Waals surface area contributed by atoms with E-state index in [4.69, 9.17) is 5.11 Å². The number of aromatic amines is 1. The first-order chi connectivity index (χ1) is 9.58. The van der Waals surface area contributed by atoms with Crippen LogP contribution < -0.4 is 5.32 Å². The average molecular weight is 272 g/mol. The maximum Gasteiger partial charge on any atom is 0.325 e. The van der Waals surface area contributed by atoms with Crippen LogP contribution in [0.5, 0.6) is 0 Å². The molecule has 1 heterocycles. The molecule has 0 bridgehead atoms. The standard InChI is InChI=1S/C15H16N2O3/c1-8(15(19)20)16-14(18)11-6-2-5-10-9-4-3-7-12(9)17-13(10)11/h2,5-6,8,17H,3-4,7H2,1H3,(H,16,18)(H,19,20)/t8-/m1/s1. The molecule has 2 aromatic rings. The van der Waals surface area contributed by atoms with Crippen molar-refractivity contribution in [3.8, 4) is 0 Å². The summed E-state index contributed by atoms with van der Waals surface area (Å²) in [7, 11) is 0. The number of aromatic nitrogens is 1. The lowest BCUT2D eigenvalue weighted by molar-refractivity contribution is -0.138. The quantitative estimate of drug-likeness (QED) is 0.797. The number of carboxylic acids is 1. The Morgan fingerprint density at radius 1 is 1.35 bits per heavy atom. The Bertz CT molecular complexity index is 702. The molecule has 1 amide bonds. The number of aliphatic carboxylic acids is 1. The minimum Gasteiger partial charge on any atom is -0.480 e. The van der Waals surface area contributed by atoms with E-state index in [1.54, 1.807) is 6.07 Å². The van der Waals surface area contributed by atoms with Gasteiger partial charge in [-0.1, -0.05) is 12.1 Å². The predicted molar refractivity (Wildman–Crippen MR) is 74.9 cm³/mol. The van der Waals surface area contributed by atoms with E-state index in [9.17, 15) is 9.59 Å². The van der Waals surface area contributed by atoms with Gasteiger partial charge in [-0.25, -0.2) is 0 Å². The highest BCUT2D eigenvalue weighted by atomic mass is 16.4. The zero-order chi connectivity index (χ0) is 14.3. The van der Waals surface area contributed by atoms with E-state index in [0.717, 1.165) is 30.2 Å². The predicted octanol–water partition coefficient (Wildman–Crippen LogP) is 1.86. The number of rotatable bonds is 3. The molecule has 5 heteroatoms. The molecule has 3 N–H and O–H groups in total. The molecule has 104 valence electrons. The summed E-state index contributed by atoms with van der Waals surface area (Å²) in [6.45, 7) is 1.45. The third kappa shape index (κ3) is 1.95. The van der Waals surface area contributed by atoms with Crippen LogP contribution in [0.3, 0.4) is 0 Å². The van der Waals surface area contributed by atoms with Gasteiger partial charge in [0.25, 0.3) is 5.91 Å². The first kappa shape index (κ1) is 12.7. The van der Waals surface area contributed by atoms with Crippen LogP contribution in [-0.4, -0.2) is 28.0 Å². The van der Waals surface area contributed by atoms with E-state index < -0.39 is 12.0 Å². The fraction of sp³-hybridized carbons (Fsp3) is 0.333. The summed E-state index contributed by atoms with van der Waals surface area (Å²) in [6.07, 6.45) is 3.19. The second-order valence-corrected chi connectivity index (χ2v) is 5.20. The van der Waals surface area contributed by atoms with Crippen molar-refractivity contribution in [3.63, 3.8) is 0 Å². The maximum atomic E-state index is 12.2. The molecule has 0 unspecified atom stereocenters. The number of hydrogen-bond donors (Lipinski definition) is 3. The normalized spacial score (nSPS) is 15.1. The second-order valence-electron chi connectivity index (χ2n) is 5.20. The van der Waals surface area contributed by atoms with Crippen molar-refractivity contribution in [3.05, 3.63) is 35.0 Å². The van der Waals surface area contributed by atoms with Gasteiger partial charge in [0.2, 0.25) is 0 Å². The first-order valence-electron chi connectivity index (χ1n) is 6.74. The Hall–Kier alpha value is -2.30. The molecule has 0 saturated carbocycles. The van der Waals surface area contributed by atoms with Gasteiger partial charge < -0.3 is 15.4 Å². The number of nitrogens with one attached hydrogen (secondary N) is 2. The third-order valence-corrected chi connectivity index (χ3v) is 3.85. The third-order valence-electron chi connectivity index (χ3n) is 3.85. The lowest BCUT2D eigenvalue weighted by atomic mass is 10.1. The van der Waals surface area contributed by atoms with Crippen molar-refractivity contribution in [1.29, 1.82) is 0 Å². The first-order valence-corrected chi connectivity index (χ1v) is 6.74. The molecule has 0 spiro atoms. The Labute approximate surface area is 116 Å². The van der Waals surface area contributed by atoms with Crippen molar-refractivity contribution >= 4 is 22.8 Å². The molecule has 0 aliphatic heterocycles. The van der Waals surface area contributed by atoms with Crippen LogP contribution in [0.2, 0.25) is 0 Å². The van der Waals surface area contributed by atoms with Crippen molar-refractivity contribution in [2.75, 3.05) is 0 Å². The van der Waals surface area contributed by atoms with Gasteiger partial charge in [-0.2, -0.15) is 0 Å². The molecule has 5 nitrogen and oxygen atoms in total. The molecular weight excluding hydrogens is 256 g/mol. The fourth-order valence-corrected chi connectivity index (χ4v) is 2.79. The van der Waals surface area contributed by atoms with Gasteiger partial charge >= 0.3 is 5.97 Å². The van der Waals surface area contributed by atoms with Gasteiger partial charge in [-0.15, -0.1) is 0 Å². The van der Waals surface area contributed by atoms with E-state index in [-0.39, 0.29) is 5.91 Å². The van der Waals surface area contributed by atoms with Crippen molar-refractivity contribution in [2.24, 2.45) is 0 Å². The van der Waals surface area contributed by atoms with Gasteiger partial charge in [-0.05, 0) is 37.8 Å². The number of carboxylic acid groups (broad SMARTS) is 1. The van der Waals surface area contributed by atoms with Gasteiger partial charge in [-0.3, -0.25) is 9.59 Å². The molecule has 20 heavy (non-hydrogen) atoms. The number of benzene rings is 1. The van der Waals surface area contributed by atoms with Crippen LogP contribution in [0, 0.1) is 0 Å². The number of aryl methyl sites for hydroxylation is 2. The molecule has 1 aromatic heterocycles. The van der Waals surface area contributed by atoms with Gasteiger partial charge in [0.1, 0.15) is 6.04 Å². The number of carbonyl (C=O) groups is 2. The van der Waals surface area contributed by atoms with Crippen molar-refractivity contribution in [1.82, 2.24) is 10.3 Å². The van der Waals surface area contributed by atoms with E-state index in [1.165, 1.54) is 18.2 Å². The maximum absolute atomic E-state index is 12.2. The number of carbonyl (C=O) groups excluding carboxylic acids is 1. The molecule has 1 aromatic carbocycles. The Balaban J connectivity index is 2.00. The smallest absolute Gasteiger partial charge is 0.325 e. The number of amides is 1. The summed E-state index contributed by atoms with van der Waals surface area (Å²) in [5.41, 5.74) is 3.81. The number of fused-ring (bicyclic) bond motifs is 3. The van der Waals surface area contributed by atoms with Gasteiger partial charge in [0.05, 0.1) is 11.1 Å². The van der Waals surface area contributed by atoms with Crippen LogP contribution in [-0.2, 0) is 17.6 Å². The average Bonchev–Trinajstić information content (AvgIpc) is 2.98. The molecule has 1 aliphatic carbocycles. The van der Waals surface area contributed by atoms with Crippen LogP contribution in [0.25, 0.3) is 10.9 Å². The van der Waals surface area contributed by atoms with Crippen LogP contribution in [0.15, 0.2) is 18.2 Å². The monoisotopic (exact) mass is 272 g/mol. The van der Waals surface area contributed by atoms with Crippen LogP contribution in [0.4, 0.5) is 0 Å². The number of para-hydroxylation sites is 1. The fourth-order valence-electron chi connectivity index (χ4n) is 2.79. The molecule has 1 aliphatic rings. The molecule has 0 radical (unpaired) electrons. The minimum absolute atomic E-state index is 0.356. The molecule has 3 rings (SSSR count). The van der Waals surface area contributed by atoms with E-state index >= 15 is 0 Å².